The van der Waals surface area contributed by atoms with Crippen LogP contribution in [-0.2, 0) is 17.6 Å². The molecule has 0 atom stereocenters. The summed E-state index contributed by atoms with van der Waals surface area (Å²) in [5.74, 6) is 0.762. The largest absolute Gasteiger partial charge is 0.496 e. The summed E-state index contributed by atoms with van der Waals surface area (Å²) >= 11 is 0. The van der Waals surface area contributed by atoms with Gasteiger partial charge in [-0.2, -0.15) is 0 Å². The number of rotatable bonds is 7. The van der Waals surface area contributed by atoms with E-state index in [1.54, 1.807) is 7.11 Å². The predicted octanol–water partition coefficient (Wildman–Crippen LogP) is 3.14. The van der Waals surface area contributed by atoms with Gasteiger partial charge in [0, 0.05) is 18.5 Å². The highest BCUT2D eigenvalue weighted by Crippen LogP contribution is 2.17. The fourth-order valence-electron chi connectivity index (χ4n) is 3.20. The summed E-state index contributed by atoms with van der Waals surface area (Å²) in [5.41, 5.74) is 3.45. The average Bonchev–Trinajstić information content (AvgIpc) is 2.67. The lowest BCUT2D eigenvalue weighted by Gasteiger charge is -2.09. The summed E-state index contributed by atoms with van der Waals surface area (Å²) in [5, 5.41) is 3.90. The van der Waals surface area contributed by atoms with Crippen LogP contribution < -0.4 is 15.6 Å². The molecule has 0 unspecified atom stereocenters. The van der Waals surface area contributed by atoms with Crippen molar-refractivity contribution >= 4 is 16.8 Å². The van der Waals surface area contributed by atoms with Crippen LogP contribution in [0.4, 0.5) is 0 Å². The normalized spacial score (nSPS) is 10.7. The number of methoxy groups -OCH3 is 1. The second kappa shape index (κ2) is 8.54. The van der Waals surface area contributed by atoms with Gasteiger partial charge in [0.1, 0.15) is 5.75 Å². The third-order valence-electron chi connectivity index (χ3n) is 4.70. The van der Waals surface area contributed by atoms with Crippen molar-refractivity contribution in [2.24, 2.45) is 0 Å². The average molecular weight is 364 g/mol. The topological polar surface area (TPSA) is 71.2 Å². The van der Waals surface area contributed by atoms with E-state index in [-0.39, 0.29) is 17.9 Å². The molecule has 0 fully saturated rings. The quantitative estimate of drug-likeness (QED) is 0.677. The summed E-state index contributed by atoms with van der Waals surface area (Å²) in [4.78, 5) is 27.3. The van der Waals surface area contributed by atoms with Crippen molar-refractivity contribution in [1.82, 2.24) is 10.3 Å². The van der Waals surface area contributed by atoms with E-state index in [0.717, 1.165) is 27.8 Å². The number of nitrogens with one attached hydrogen (secondary N) is 2. The van der Waals surface area contributed by atoms with Crippen LogP contribution in [0.15, 0.2) is 53.3 Å². The molecule has 5 heteroatoms. The van der Waals surface area contributed by atoms with Crippen LogP contribution in [0.3, 0.4) is 0 Å². The number of H-pyrrole nitrogens is 1. The molecule has 0 saturated heterocycles. The summed E-state index contributed by atoms with van der Waals surface area (Å²) in [7, 11) is 1.64. The molecule has 0 aliphatic heterocycles. The predicted molar refractivity (Wildman–Crippen MR) is 107 cm³/mol. The Morgan fingerprint density at radius 3 is 2.70 bits per heavy atom. The van der Waals surface area contributed by atoms with Crippen molar-refractivity contribution in [3.8, 4) is 5.75 Å². The van der Waals surface area contributed by atoms with Gasteiger partial charge in [0.05, 0.1) is 12.6 Å². The van der Waals surface area contributed by atoms with E-state index < -0.39 is 0 Å². The molecule has 0 aliphatic rings. The van der Waals surface area contributed by atoms with Crippen molar-refractivity contribution in [1.29, 1.82) is 0 Å². The number of carbonyl (C=O) groups excluding carboxylic acids is 1. The van der Waals surface area contributed by atoms with Crippen LogP contribution in [0.25, 0.3) is 10.9 Å². The number of amides is 1. The fraction of sp³-hybridized carbons (Fsp3) is 0.273. The van der Waals surface area contributed by atoms with E-state index in [2.05, 4.69) is 10.3 Å². The Morgan fingerprint density at radius 1 is 1.07 bits per heavy atom. The molecule has 5 nitrogen and oxygen atoms in total. The first-order chi connectivity index (χ1) is 13.1. The zero-order valence-electron chi connectivity index (χ0n) is 15.7. The molecular weight excluding hydrogens is 340 g/mol. The molecule has 1 amide bonds. The summed E-state index contributed by atoms with van der Waals surface area (Å²) in [6.07, 6.45) is 1.40. The van der Waals surface area contributed by atoms with E-state index in [4.69, 9.17) is 4.74 Å². The van der Waals surface area contributed by atoms with Gasteiger partial charge in [0.25, 0.3) is 5.56 Å². The lowest BCUT2D eigenvalue weighted by Crippen LogP contribution is -2.26. The number of benzene rings is 2. The van der Waals surface area contributed by atoms with Gasteiger partial charge >= 0.3 is 0 Å². The highest BCUT2D eigenvalue weighted by molar-refractivity contribution is 5.82. The lowest BCUT2D eigenvalue weighted by atomic mass is 10.1. The van der Waals surface area contributed by atoms with Gasteiger partial charge < -0.3 is 15.0 Å². The van der Waals surface area contributed by atoms with E-state index in [1.165, 1.54) is 0 Å². The van der Waals surface area contributed by atoms with E-state index in [0.29, 0.717) is 24.9 Å². The fourth-order valence-corrected chi connectivity index (χ4v) is 3.20. The SMILES string of the molecule is COc1ccccc1CCNC(=O)CCc1cc2cccc(C)c2[nH]c1=O. The summed E-state index contributed by atoms with van der Waals surface area (Å²) in [6, 6.07) is 15.5. The van der Waals surface area contributed by atoms with Crippen LogP contribution in [0.5, 0.6) is 5.75 Å². The monoisotopic (exact) mass is 364 g/mol. The second-order valence-electron chi connectivity index (χ2n) is 6.57. The van der Waals surface area contributed by atoms with Crippen molar-refractivity contribution in [2.75, 3.05) is 13.7 Å². The molecule has 140 valence electrons. The summed E-state index contributed by atoms with van der Waals surface area (Å²) < 4.78 is 5.31. The van der Waals surface area contributed by atoms with Crippen LogP contribution in [0.2, 0.25) is 0 Å². The zero-order valence-corrected chi connectivity index (χ0v) is 15.7. The standard InChI is InChI=1S/C22H24N2O3/c1-15-6-5-8-17-14-18(22(26)24-21(15)17)10-11-20(25)23-13-12-16-7-3-4-9-19(16)27-2/h3-9,14H,10-13H2,1-2H3,(H,23,25)(H,24,26). The molecule has 0 aliphatic carbocycles. The number of fused-ring (bicyclic) bond motifs is 1. The smallest absolute Gasteiger partial charge is 0.251 e. The van der Waals surface area contributed by atoms with Crippen molar-refractivity contribution < 1.29 is 9.53 Å². The minimum absolute atomic E-state index is 0.0614. The maximum absolute atomic E-state index is 12.3. The van der Waals surface area contributed by atoms with Gasteiger partial charge in [-0.25, -0.2) is 0 Å². The molecule has 3 aromatic rings. The number of aryl methyl sites for hydroxylation is 2. The van der Waals surface area contributed by atoms with Gasteiger partial charge in [-0.05, 0) is 48.4 Å². The van der Waals surface area contributed by atoms with E-state index in [1.807, 2.05) is 55.5 Å². The Bertz CT molecular complexity index is 1010. The van der Waals surface area contributed by atoms with Crippen molar-refractivity contribution in [3.05, 3.63) is 75.6 Å². The lowest BCUT2D eigenvalue weighted by molar-refractivity contribution is -0.121. The third-order valence-corrected chi connectivity index (χ3v) is 4.70. The first-order valence-corrected chi connectivity index (χ1v) is 9.08. The highest BCUT2D eigenvalue weighted by Gasteiger charge is 2.08. The number of ether oxygens (including phenoxy) is 1. The number of hydrogen-bond acceptors (Lipinski definition) is 3. The maximum atomic E-state index is 12.3. The Hall–Kier alpha value is -3.08. The van der Waals surface area contributed by atoms with Gasteiger partial charge in [-0.3, -0.25) is 9.59 Å². The molecule has 2 aromatic carbocycles. The molecule has 0 spiro atoms. The molecule has 0 radical (unpaired) electrons. The maximum Gasteiger partial charge on any atom is 0.251 e. The van der Waals surface area contributed by atoms with Gasteiger partial charge in [-0.1, -0.05) is 36.4 Å². The molecule has 2 N–H and O–H groups in total. The molecule has 0 bridgehead atoms. The van der Waals surface area contributed by atoms with Gasteiger partial charge in [0.2, 0.25) is 5.91 Å². The molecule has 27 heavy (non-hydrogen) atoms. The molecular formula is C22H24N2O3. The van der Waals surface area contributed by atoms with Crippen LogP contribution in [0, 0.1) is 6.92 Å². The first-order valence-electron chi connectivity index (χ1n) is 9.08. The Morgan fingerprint density at radius 2 is 1.89 bits per heavy atom. The summed E-state index contributed by atoms with van der Waals surface area (Å²) in [6.45, 7) is 2.50. The zero-order chi connectivity index (χ0) is 19.2. The molecule has 3 rings (SSSR count). The number of para-hydroxylation sites is 2. The Labute approximate surface area is 158 Å². The first kappa shape index (κ1) is 18.7. The number of aromatic nitrogens is 1. The number of pyridine rings is 1. The highest BCUT2D eigenvalue weighted by atomic mass is 16.5. The second-order valence-corrected chi connectivity index (χ2v) is 6.57. The molecule has 1 aromatic heterocycles. The molecule has 0 saturated carbocycles. The van der Waals surface area contributed by atoms with Gasteiger partial charge in [0.15, 0.2) is 0 Å². The number of aromatic amines is 1. The van der Waals surface area contributed by atoms with Crippen LogP contribution in [0.1, 0.15) is 23.1 Å². The Kier molecular flexibility index (Phi) is 5.91. The Balaban J connectivity index is 1.55. The molecule has 1 heterocycles. The van der Waals surface area contributed by atoms with E-state index >= 15 is 0 Å². The minimum Gasteiger partial charge on any atom is -0.496 e. The number of carbonyl (C=O) groups is 1. The minimum atomic E-state index is -0.126. The van der Waals surface area contributed by atoms with Gasteiger partial charge in [-0.15, -0.1) is 0 Å². The number of hydrogen-bond donors (Lipinski definition) is 2. The van der Waals surface area contributed by atoms with Crippen LogP contribution in [-0.4, -0.2) is 24.5 Å². The van der Waals surface area contributed by atoms with Crippen molar-refractivity contribution in [3.63, 3.8) is 0 Å². The third kappa shape index (κ3) is 4.56. The van der Waals surface area contributed by atoms with Crippen molar-refractivity contribution in [2.45, 2.75) is 26.2 Å². The van der Waals surface area contributed by atoms with E-state index in [9.17, 15) is 9.59 Å². The van der Waals surface area contributed by atoms with Crippen LogP contribution >= 0.6 is 0 Å².